The molecule has 0 aromatic heterocycles. The van der Waals surface area contributed by atoms with E-state index in [0.29, 0.717) is 32.8 Å². The molecule has 1 amide bonds. The zero-order valence-electron chi connectivity index (χ0n) is 18.8. The zero-order valence-corrected chi connectivity index (χ0v) is 18.8. The van der Waals surface area contributed by atoms with Crippen LogP contribution in [0, 0.1) is 0 Å². The summed E-state index contributed by atoms with van der Waals surface area (Å²) < 4.78 is 11.0. The third-order valence-electron chi connectivity index (χ3n) is 4.88. The van der Waals surface area contributed by atoms with Crippen molar-refractivity contribution in [1.29, 1.82) is 0 Å². The van der Waals surface area contributed by atoms with E-state index < -0.39 is 0 Å². The van der Waals surface area contributed by atoms with Gasteiger partial charge >= 0.3 is 6.09 Å². The van der Waals surface area contributed by atoms with Crippen molar-refractivity contribution in [1.82, 2.24) is 20.4 Å². The van der Waals surface area contributed by atoms with Crippen LogP contribution in [-0.4, -0.2) is 81.4 Å². The van der Waals surface area contributed by atoms with Crippen LogP contribution in [0.3, 0.4) is 0 Å². The molecule has 1 aliphatic rings. The average molecular weight is 420 g/mol. The third-order valence-corrected chi connectivity index (χ3v) is 4.88. The van der Waals surface area contributed by atoms with Crippen molar-refractivity contribution in [3.63, 3.8) is 0 Å². The Labute approximate surface area is 180 Å². The summed E-state index contributed by atoms with van der Waals surface area (Å²) in [4.78, 5) is 20.5. The molecule has 2 rings (SSSR count). The lowest BCUT2D eigenvalue weighted by Gasteiger charge is -2.32. The lowest BCUT2D eigenvalue weighted by Crippen LogP contribution is -2.49. The van der Waals surface area contributed by atoms with E-state index in [1.54, 1.807) is 4.90 Å². The van der Waals surface area contributed by atoms with Gasteiger partial charge in [0.15, 0.2) is 5.96 Å². The highest BCUT2D eigenvalue weighted by Gasteiger charge is 2.24. The number of likely N-dealkylation sites (tertiary alicyclic amines) is 1. The molecule has 1 aromatic carbocycles. The molecule has 0 aliphatic carbocycles. The van der Waals surface area contributed by atoms with Crippen LogP contribution in [0.15, 0.2) is 29.3 Å². The molecule has 1 fully saturated rings. The zero-order chi connectivity index (χ0) is 21.8. The first-order valence-corrected chi connectivity index (χ1v) is 10.9. The first kappa shape index (κ1) is 23.8. The van der Waals surface area contributed by atoms with Crippen molar-refractivity contribution >= 4 is 12.1 Å². The molecule has 8 heteroatoms. The summed E-state index contributed by atoms with van der Waals surface area (Å²) >= 11 is 0. The fraction of sp³-hybridized carbons (Fsp3) is 0.636. The summed E-state index contributed by atoms with van der Waals surface area (Å²) in [5.41, 5.74) is 1.06. The number of aliphatic imine (C=N–C) groups is 1. The quantitative estimate of drug-likeness (QED) is 0.472. The Bertz CT molecular complexity index is 672. The first-order valence-electron chi connectivity index (χ1n) is 10.9. The van der Waals surface area contributed by atoms with Crippen molar-refractivity contribution in [3.8, 4) is 5.75 Å². The van der Waals surface area contributed by atoms with Crippen molar-refractivity contribution < 1.29 is 14.3 Å². The number of nitrogens with one attached hydrogen (secondary N) is 2. The molecule has 1 aliphatic heterocycles. The largest absolute Gasteiger partial charge is 0.492 e. The molecular formula is C22H37N5O3. The van der Waals surface area contributed by atoms with Gasteiger partial charge in [-0.25, -0.2) is 9.79 Å². The predicted octanol–water partition coefficient (Wildman–Crippen LogP) is 2.30. The van der Waals surface area contributed by atoms with Gasteiger partial charge in [-0.05, 0) is 46.9 Å². The second-order valence-electron chi connectivity index (χ2n) is 7.56. The van der Waals surface area contributed by atoms with Crippen LogP contribution in [0.5, 0.6) is 5.75 Å². The highest BCUT2D eigenvalue weighted by atomic mass is 16.6. The molecule has 0 saturated carbocycles. The molecule has 0 radical (unpaired) electrons. The van der Waals surface area contributed by atoms with E-state index in [9.17, 15) is 4.79 Å². The molecule has 8 nitrogen and oxygen atoms in total. The van der Waals surface area contributed by atoms with E-state index in [0.717, 1.165) is 43.2 Å². The molecule has 2 N–H and O–H groups in total. The van der Waals surface area contributed by atoms with Crippen molar-refractivity contribution in [2.24, 2.45) is 4.99 Å². The van der Waals surface area contributed by atoms with Gasteiger partial charge in [0.05, 0.1) is 13.2 Å². The molecule has 30 heavy (non-hydrogen) atoms. The van der Waals surface area contributed by atoms with E-state index in [1.165, 1.54) is 0 Å². The van der Waals surface area contributed by atoms with Crippen LogP contribution in [0.4, 0.5) is 4.79 Å². The van der Waals surface area contributed by atoms with Gasteiger partial charge in [0.1, 0.15) is 12.4 Å². The van der Waals surface area contributed by atoms with Crippen LogP contribution in [0.1, 0.15) is 32.3 Å². The summed E-state index contributed by atoms with van der Waals surface area (Å²) in [6, 6.07) is 8.32. The summed E-state index contributed by atoms with van der Waals surface area (Å²) in [6.45, 7) is 8.52. The molecule has 1 heterocycles. The molecule has 0 unspecified atom stereocenters. The maximum atomic E-state index is 11.9. The van der Waals surface area contributed by atoms with Gasteiger partial charge in [-0.15, -0.1) is 0 Å². The second kappa shape index (κ2) is 13.0. The fourth-order valence-electron chi connectivity index (χ4n) is 3.21. The molecule has 0 atom stereocenters. The Hall–Kier alpha value is -2.48. The van der Waals surface area contributed by atoms with Crippen LogP contribution >= 0.6 is 0 Å². The topological polar surface area (TPSA) is 78.4 Å². The van der Waals surface area contributed by atoms with Crippen molar-refractivity contribution in [3.05, 3.63) is 29.8 Å². The smallest absolute Gasteiger partial charge is 0.409 e. The number of para-hydroxylation sites is 1. The Morgan fingerprint density at radius 1 is 1.23 bits per heavy atom. The first-order chi connectivity index (χ1) is 14.5. The van der Waals surface area contributed by atoms with E-state index >= 15 is 0 Å². The number of hydrogen-bond acceptors (Lipinski definition) is 5. The number of carbonyl (C=O) groups excluding carboxylic acids is 1. The molecule has 0 bridgehead atoms. The Morgan fingerprint density at radius 2 is 1.97 bits per heavy atom. The van der Waals surface area contributed by atoms with Gasteiger partial charge in [0, 0.05) is 37.8 Å². The summed E-state index contributed by atoms with van der Waals surface area (Å²) in [7, 11) is 4.07. The van der Waals surface area contributed by atoms with Crippen LogP contribution in [-0.2, 0) is 11.3 Å². The van der Waals surface area contributed by atoms with Gasteiger partial charge in [0.2, 0.25) is 0 Å². The van der Waals surface area contributed by atoms with Gasteiger partial charge < -0.3 is 29.9 Å². The number of benzene rings is 1. The minimum Gasteiger partial charge on any atom is -0.492 e. The van der Waals surface area contributed by atoms with E-state index in [-0.39, 0.29) is 12.1 Å². The van der Waals surface area contributed by atoms with Crippen molar-refractivity contribution in [2.75, 3.05) is 53.5 Å². The van der Waals surface area contributed by atoms with Crippen LogP contribution < -0.4 is 15.4 Å². The summed E-state index contributed by atoms with van der Waals surface area (Å²) in [5, 5.41) is 6.83. The fourth-order valence-corrected chi connectivity index (χ4v) is 3.21. The number of piperidine rings is 1. The Balaban J connectivity index is 1.91. The predicted molar refractivity (Wildman–Crippen MR) is 120 cm³/mol. The molecular weight excluding hydrogens is 382 g/mol. The molecule has 0 spiro atoms. The average Bonchev–Trinajstić information content (AvgIpc) is 2.73. The standard InChI is InChI=1S/C22H37N5O3/c1-5-23-21(25-19-11-13-27(14-12-19)22(28)29-6-2)24-17-18-9-7-8-10-20(18)30-16-15-26(3)4/h7-10,19H,5-6,11-17H2,1-4H3,(H2,23,24,25). The third kappa shape index (κ3) is 8.10. The summed E-state index contributed by atoms with van der Waals surface area (Å²) in [6.07, 6.45) is 1.52. The van der Waals surface area contributed by atoms with Gasteiger partial charge in [-0.1, -0.05) is 18.2 Å². The Morgan fingerprint density at radius 3 is 2.63 bits per heavy atom. The number of guanidine groups is 1. The highest BCUT2D eigenvalue weighted by Crippen LogP contribution is 2.19. The molecule has 168 valence electrons. The van der Waals surface area contributed by atoms with Crippen molar-refractivity contribution in [2.45, 2.75) is 39.3 Å². The lowest BCUT2D eigenvalue weighted by atomic mass is 10.1. The number of carbonyl (C=O) groups is 1. The van der Waals surface area contributed by atoms with E-state index in [2.05, 4.69) is 28.5 Å². The minimum atomic E-state index is -0.220. The number of nitrogens with zero attached hydrogens (tertiary/aromatic N) is 3. The van der Waals surface area contributed by atoms with E-state index in [1.807, 2.05) is 39.2 Å². The normalized spacial score (nSPS) is 15.2. The van der Waals surface area contributed by atoms with Crippen LogP contribution in [0.2, 0.25) is 0 Å². The number of rotatable bonds is 9. The molecule has 1 aromatic rings. The van der Waals surface area contributed by atoms with Gasteiger partial charge in [-0.2, -0.15) is 0 Å². The maximum absolute atomic E-state index is 11.9. The van der Waals surface area contributed by atoms with Crippen LogP contribution in [0.25, 0.3) is 0 Å². The summed E-state index contributed by atoms with van der Waals surface area (Å²) in [5.74, 6) is 1.66. The second-order valence-corrected chi connectivity index (χ2v) is 7.56. The highest BCUT2D eigenvalue weighted by molar-refractivity contribution is 5.80. The SMILES string of the molecule is CCNC(=NCc1ccccc1OCCN(C)C)NC1CCN(C(=O)OCC)CC1. The number of likely N-dealkylation sites (N-methyl/N-ethyl adjacent to an activating group) is 1. The maximum Gasteiger partial charge on any atom is 0.409 e. The van der Waals surface area contributed by atoms with Gasteiger partial charge in [-0.3, -0.25) is 0 Å². The number of hydrogen-bond donors (Lipinski definition) is 2. The van der Waals surface area contributed by atoms with E-state index in [4.69, 9.17) is 14.5 Å². The lowest BCUT2D eigenvalue weighted by molar-refractivity contribution is 0.0963. The molecule has 1 saturated heterocycles. The Kier molecular flexibility index (Phi) is 10.3. The number of ether oxygens (including phenoxy) is 2. The minimum absolute atomic E-state index is 0.220. The monoisotopic (exact) mass is 419 g/mol. The number of amides is 1. The van der Waals surface area contributed by atoms with Gasteiger partial charge in [0.25, 0.3) is 0 Å².